The highest BCUT2D eigenvalue weighted by atomic mass is 31.2. The van der Waals surface area contributed by atoms with Gasteiger partial charge < -0.3 is 27.9 Å². The molecule has 0 fully saturated rings. The van der Waals surface area contributed by atoms with Gasteiger partial charge in [-0.05, 0) is 135 Å². The SMILES string of the molecule is CC/C=C\C/C=C\C/C=C\C/C=C\C/C=C\C/C=C\C/C=C\C/C=C\C/C=C\C/C=C\C/C=C\C/C=C\CCCCC(=O)OC(COC(=O)CCCCCCCCCCC/C=C\C/C=C\CCCCC)COP(=O)([O-])OCC[N+](C)(C)C. The van der Waals surface area contributed by atoms with Crippen molar-refractivity contribution < 1.29 is 42.1 Å². The van der Waals surface area contributed by atoms with Gasteiger partial charge in [-0.15, -0.1) is 0 Å². The van der Waals surface area contributed by atoms with E-state index in [1.807, 2.05) is 21.1 Å². The zero-order chi connectivity index (χ0) is 59.8. The van der Waals surface area contributed by atoms with Crippen molar-refractivity contribution in [2.75, 3.05) is 47.5 Å². The van der Waals surface area contributed by atoms with Crippen molar-refractivity contribution in [3.63, 3.8) is 0 Å². The third-order valence-corrected chi connectivity index (χ3v) is 13.7. The molecule has 10 heteroatoms. The molecule has 0 amide bonds. The number of hydrogen-bond donors (Lipinski definition) is 0. The van der Waals surface area contributed by atoms with Crippen molar-refractivity contribution in [1.29, 1.82) is 0 Å². The van der Waals surface area contributed by atoms with Crippen LogP contribution in [0.5, 0.6) is 0 Å². The van der Waals surface area contributed by atoms with Gasteiger partial charge in [-0.25, -0.2) is 0 Å². The van der Waals surface area contributed by atoms with Crippen LogP contribution in [0, 0.1) is 0 Å². The van der Waals surface area contributed by atoms with Gasteiger partial charge in [-0.3, -0.25) is 14.2 Å². The van der Waals surface area contributed by atoms with Crippen molar-refractivity contribution in [1.82, 2.24) is 0 Å². The van der Waals surface area contributed by atoms with Gasteiger partial charge in [0.15, 0.2) is 6.10 Å². The Kier molecular flexibility index (Phi) is 57.5. The fraction of sp³-hybridized carbons (Fsp3) is 0.583. The zero-order valence-corrected chi connectivity index (χ0v) is 53.3. The molecule has 0 heterocycles. The Labute approximate surface area is 502 Å². The van der Waals surface area contributed by atoms with Gasteiger partial charge in [0.25, 0.3) is 7.82 Å². The molecule has 0 aromatic carbocycles. The lowest BCUT2D eigenvalue weighted by Crippen LogP contribution is -2.37. The predicted molar refractivity (Wildman–Crippen MR) is 350 cm³/mol. The summed E-state index contributed by atoms with van der Waals surface area (Å²) in [5, 5.41) is 0. The van der Waals surface area contributed by atoms with Crippen molar-refractivity contribution in [3.05, 3.63) is 170 Å². The number of ether oxygens (including phenoxy) is 2. The number of nitrogens with zero attached hydrogens (tertiary/aromatic N) is 1. The minimum absolute atomic E-state index is 0.0494. The molecular formula is C72H116NO8P. The van der Waals surface area contributed by atoms with Crippen LogP contribution in [-0.2, 0) is 32.7 Å². The van der Waals surface area contributed by atoms with E-state index in [4.69, 9.17) is 18.5 Å². The maximum Gasteiger partial charge on any atom is 0.306 e. The average Bonchev–Trinajstić information content (AvgIpc) is 3.46. The average molecular weight is 1150 g/mol. The lowest BCUT2D eigenvalue weighted by molar-refractivity contribution is -0.870. The third kappa shape index (κ3) is 64.5. The fourth-order valence-electron chi connectivity index (χ4n) is 7.84. The molecule has 2 atom stereocenters. The second-order valence-electron chi connectivity index (χ2n) is 21.7. The lowest BCUT2D eigenvalue weighted by atomic mass is 10.1. The van der Waals surface area contributed by atoms with E-state index in [0.717, 1.165) is 122 Å². The first-order chi connectivity index (χ1) is 40.0. The Morgan fingerprint density at radius 3 is 1.06 bits per heavy atom. The maximum absolute atomic E-state index is 12.8. The van der Waals surface area contributed by atoms with E-state index in [1.54, 1.807) is 0 Å². The molecule has 0 aliphatic carbocycles. The van der Waals surface area contributed by atoms with Gasteiger partial charge in [0.05, 0.1) is 27.7 Å². The van der Waals surface area contributed by atoms with Gasteiger partial charge in [0.2, 0.25) is 0 Å². The number of allylic oxidation sites excluding steroid dienone is 28. The van der Waals surface area contributed by atoms with Crippen LogP contribution in [0.4, 0.5) is 0 Å². The number of quaternary nitrogens is 1. The number of carbonyl (C=O) groups is 2. The van der Waals surface area contributed by atoms with Gasteiger partial charge in [0, 0.05) is 12.8 Å². The van der Waals surface area contributed by atoms with Crippen LogP contribution in [0.3, 0.4) is 0 Å². The normalized spacial score (nSPS) is 14.4. The van der Waals surface area contributed by atoms with Crippen LogP contribution in [0.25, 0.3) is 0 Å². The minimum Gasteiger partial charge on any atom is -0.756 e. The van der Waals surface area contributed by atoms with Crippen LogP contribution in [0.2, 0.25) is 0 Å². The summed E-state index contributed by atoms with van der Waals surface area (Å²) >= 11 is 0. The number of carbonyl (C=O) groups excluding carboxylic acids is 2. The summed E-state index contributed by atoms with van der Waals surface area (Å²) in [6.45, 7) is 4.02. The Morgan fingerprint density at radius 2 is 0.695 bits per heavy atom. The summed E-state index contributed by atoms with van der Waals surface area (Å²) < 4.78 is 34.1. The van der Waals surface area contributed by atoms with Gasteiger partial charge in [-0.2, -0.15) is 0 Å². The summed E-state index contributed by atoms with van der Waals surface area (Å²) in [6, 6.07) is 0. The summed E-state index contributed by atoms with van der Waals surface area (Å²) in [4.78, 5) is 37.9. The Bertz CT molecular complexity index is 1990. The number of unbranched alkanes of at least 4 members (excludes halogenated alkanes) is 14. The van der Waals surface area contributed by atoms with Crippen LogP contribution >= 0.6 is 7.82 Å². The Balaban J connectivity index is 4.26. The topological polar surface area (TPSA) is 111 Å². The van der Waals surface area contributed by atoms with E-state index in [2.05, 4.69) is 184 Å². The van der Waals surface area contributed by atoms with Gasteiger partial charge >= 0.3 is 11.9 Å². The van der Waals surface area contributed by atoms with Gasteiger partial charge in [0.1, 0.15) is 19.8 Å². The highest BCUT2D eigenvalue weighted by molar-refractivity contribution is 7.45. The molecule has 0 saturated heterocycles. The molecule has 0 rings (SSSR count). The molecule has 0 radical (unpaired) electrons. The number of esters is 2. The number of likely N-dealkylation sites (N-methyl/N-ethyl adjacent to an activating group) is 1. The first-order valence-electron chi connectivity index (χ1n) is 31.8. The second-order valence-corrected chi connectivity index (χ2v) is 23.1. The van der Waals surface area contributed by atoms with E-state index in [1.165, 1.54) is 57.8 Å². The molecule has 0 aliphatic heterocycles. The summed E-state index contributed by atoms with van der Waals surface area (Å²) in [5.41, 5.74) is 0. The predicted octanol–water partition coefficient (Wildman–Crippen LogP) is 20.0. The second kappa shape index (κ2) is 60.9. The first-order valence-corrected chi connectivity index (χ1v) is 33.3. The zero-order valence-electron chi connectivity index (χ0n) is 52.4. The molecule has 0 aliphatic rings. The molecule has 0 aromatic heterocycles. The summed E-state index contributed by atoms with van der Waals surface area (Å²) in [7, 11) is 1.11. The van der Waals surface area contributed by atoms with Gasteiger partial charge in [-0.1, -0.05) is 242 Å². The van der Waals surface area contributed by atoms with E-state index in [9.17, 15) is 19.0 Å². The monoisotopic (exact) mass is 1150 g/mol. The summed E-state index contributed by atoms with van der Waals surface area (Å²) in [6.07, 6.45) is 92.7. The Hall–Kier alpha value is -4.63. The van der Waals surface area contributed by atoms with Crippen LogP contribution in [0.15, 0.2) is 170 Å². The smallest absolute Gasteiger partial charge is 0.306 e. The number of phosphoric acid groups is 1. The first kappa shape index (κ1) is 77.4. The molecule has 0 spiro atoms. The Morgan fingerprint density at radius 1 is 0.390 bits per heavy atom. The molecule has 9 nitrogen and oxygen atoms in total. The highest BCUT2D eigenvalue weighted by Crippen LogP contribution is 2.38. The fourth-order valence-corrected chi connectivity index (χ4v) is 8.57. The molecule has 0 bridgehead atoms. The number of phosphoric ester groups is 1. The maximum atomic E-state index is 12.8. The van der Waals surface area contributed by atoms with Crippen molar-refractivity contribution in [3.8, 4) is 0 Å². The van der Waals surface area contributed by atoms with E-state index < -0.39 is 32.5 Å². The molecule has 0 aromatic rings. The van der Waals surface area contributed by atoms with Crippen molar-refractivity contribution in [2.45, 2.75) is 225 Å². The van der Waals surface area contributed by atoms with Crippen LogP contribution in [0.1, 0.15) is 219 Å². The van der Waals surface area contributed by atoms with E-state index in [0.29, 0.717) is 23.9 Å². The van der Waals surface area contributed by atoms with Crippen molar-refractivity contribution in [2.24, 2.45) is 0 Å². The van der Waals surface area contributed by atoms with Crippen LogP contribution < -0.4 is 4.89 Å². The molecule has 82 heavy (non-hydrogen) atoms. The quantitative estimate of drug-likeness (QED) is 0.0195. The largest absolute Gasteiger partial charge is 0.756 e. The molecule has 0 saturated carbocycles. The highest BCUT2D eigenvalue weighted by Gasteiger charge is 2.21. The van der Waals surface area contributed by atoms with E-state index in [-0.39, 0.29) is 26.1 Å². The standard InChI is InChI=1S/C72H116NO8P/c1-6-8-10-12-14-16-18-20-22-24-26-27-28-29-30-31-32-33-34-35-36-37-38-39-40-41-42-43-44-45-47-49-51-53-55-57-59-61-63-65-72(75)81-70(69-80-82(76,77)79-67-66-73(3,4)5)68-78-71(74)64-62-60-58-56-54-52-50-48-46-25-23-21-19-17-15-13-11-9-7-2/h8,10,14-17,20-23,26-27,29-30,32-33,35-36,38-39,41-42,44-45,49,51,55,57,70H,6-7,9,11-13,18-19,24-25,28,31,34,37,40,43,46-48,50,52-54,56,58-69H2,1-5H3/b10-8-,16-14-,17-15-,22-20-,23-21-,27-26-,30-29-,33-32-,36-35-,39-38-,42-41-,45-44-,51-49-,57-55-. The molecular weight excluding hydrogens is 1040 g/mol. The number of rotatable bonds is 56. The molecule has 462 valence electrons. The minimum atomic E-state index is -4.66. The number of hydrogen-bond acceptors (Lipinski definition) is 8. The third-order valence-electron chi connectivity index (χ3n) is 12.7. The summed E-state index contributed by atoms with van der Waals surface area (Å²) in [5.74, 6) is -0.902. The lowest BCUT2D eigenvalue weighted by Gasteiger charge is -2.28. The van der Waals surface area contributed by atoms with E-state index >= 15 is 0 Å². The van der Waals surface area contributed by atoms with Crippen molar-refractivity contribution >= 4 is 19.8 Å². The van der Waals surface area contributed by atoms with Crippen LogP contribution in [-0.4, -0.2) is 70.0 Å². The molecule has 2 unspecified atom stereocenters. The molecule has 0 N–H and O–H groups in total.